The van der Waals surface area contributed by atoms with Crippen LogP contribution in [0.4, 0.5) is 0 Å². The van der Waals surface area contributed by atoms with Crippen LogP contribution in [0.1, 0.15) is 39.7 Å². The summed E-state index contributed by atoms with van der Waals surface area (Å²) in [5.41, 5.74) is 1.07. The smallest absolute Gasteiger partial charge is 0.192 e. The van der Waals surface area contributed by atoms with Gasteiger partial charge in [-0.05, 0) is 27.2 Å². The van der Waals surface area contributed by atoms with Gasteiger partial charge in [-0.2, -0.15) is 0 Å². The lowest BCUT2D eigenvalue weighted by Gasteiger charge is -2.32. The largest absolute Gasteiger partial charge is 0.346 e. The fourth-order valence-electron chi connectivity index (χ4n) is 1.67. The second kappa shape index (κ2) is 6.02. The summed E-state index contributed by atoms with van der Waals surface area (Å²) in [6.07, 6.45) is 1.17. The molecule has 0 radical (unpaired) electrons. The van der Waals surface area contributed by atoms with Crippen LogP contribution in [0, 0.1) is 0 Å². The Morgan fingerprint density at radius 1 is 1.19 bits per heavy atom. The summed E-state index contributed by atoms with van der Waals surface area (Å²) in [7, 11) is 0. The van der Waals surface area contributed by atoms with Crippen LogP contribution in [0.15, 0.2) is 30.3 Å². The molecular formula is C14H22O2. The number of rotatable bonds is 6. The molecule has 2 nitrogen and oxygen atoms in total. The highest BCUT2D eigenvalue weighted by atomic mass is 16.7. The number of ether oxygens (including phenoxy) is 2. The molecule has 16 heavy (non-hydrogen) atoms. The Labute approximate surface area is 98.6 Å². The topological polar surface area (TPSA) is 18.5 Å². The van der Waals surface area contributed by atoms with Gasteiger partial charge in [0, 0.05) is 12.2 Å². The van der Waals surface area contributed by atoms with Crippen LogP contribution < -0.4 is 0 Å². The van der Waals surface area contributed by atoms with Crippen molar-refractivity contribution >= 4 is 0 Å². The maximum absolute atomic E-state index is 5.99. The zero-order valence-corrected chi connectivity index (χ0v) is 10.7. The van der Waals surface area contributed by atoms with Gasteiger partial charge in [0.2, 0.25) is 0 Å². The van der Waals surface area contributed by atoms with E-state index in [-0.39, 0.29) is 6.10 Å². The molecule has 1 aromatic rings. The monoisotopic (exact) mass is 222 g/mol. The minimum atomic E-state index is -0.633. The molecule has 0 aromatic heterocycles. The first-order valence-electron chi connectivity index (χ1n) is 5.99. The van der Waals surface area contributed by atoms with Gasteiger partial charge in [-0.25, -0.2) is 0 Å². The van der Waals surface area contributed by atoms with E-state index in [1.165, 1.54) is 0 Å². The average molecular weight is 222 g/mol. The number of hydrogen-bond donors (Lipinski definition) is 0. The molecule has 0 heterocycles. The van der Waals surface area contributed by atoms with Crippen molar-refractivity contribution in [1.82, 2.24) is 0 Å². The molecule has 2 atom stereocenters. The summed E-state index contributed by atoms with van der Waals surface area (Å²) in [6, 6.07) is 10.1. The van der Waals surface area contributed by atoms with Gasteiger partial charge in [0.1, 0.15) is 0 Å². The van der Waals surface area contributed by atoms with Gasteiger partial charge in [0.25, 0.3) is 0 Å². The van der Waals surface area contributed by atoms with Crippen LogP contribution >= 0.6 is 0 Å². The summed E-state index contributed by atoms with van der Waals surface area (Å²) in [4.78, 5) is 0. The van der Waals surface area contributed by atoms with Crippen LogP contribution in [-0.2, 0) is 15.3 Å². The van der Waals surface area contributed by atoms with Gasteiger partial charge in [-0.3, -0.25) is 0 Å². The van der Waals surface area contributed by atoms with Crippen molar-refractivity contribution < 1.29 is 9.47 Å². The van der Waals surface area contributed by atoms with Gasteiger partial charge < -0.3 is 9.47 Å². The third kappa shape index (κ3) is 3.32. The fraction of sp³-hybridized carbons (Fsp3) is 0.571. The lowest BCUT2D eigenvalue weighted by Crippen LogP contribution is -2.33. The van der Waals surface area contributed by atoms with E-state index in [0.29, 0.717) is 6.61 Å². The van der Waals surface area contributed by atoms with Crippen molar-refractivity contribution in [2.24, 2.45) is 0 Å². The molecule has 2 heteroatoms. The first-order chi connectivity index (χ1) is 7.62. The van der Waals surface area contributed by atoms with E-state index >= 15 is 0 Å². The fourth-order valence-corrected chi connectivity index (χ4v) is 1.67. The number of benzene rings is 1. The predicted molar refractivity (Wildman–Crippen MR) is 66.3 cm³/mol. The summed E-state index contributed by atoms with van der Waals surface area (Å²) in [6.45, 7) is 8.79. The Balaban J connectivity index is 2.88. The predicted octanol–water partition coefficient (Wildman–Crippen LogP) is 3.71. The second-order valence-electron chi connectivity index (χ2n) is 4.08. The van der Waals surface area contributed by atoms with E-state index in [1.54, 1.807) is 0 Å². The molecule has 0 N–H and O–H groups in total. The lowest BCUT2D eigenvalue weighted by atomic mass is 10.1. The van der Waals surface area contributed by atoms with Crippen molar-refractivity contribution in [1.29, 1.82) is 0 Å². The molecule has 0 fully saturated rings. The second-order valence-corrected chi connectivity index (χ2v) is 4.08. The molecule has 0 bridgehead atoms. The first-order valence-corrected chi connectivity index (χ1v) is 5.99. The van der Waals surface area contributed by atoms with Crippen LogP contribution in [0.25, 0.3) is 0 Å². The van der Waals surface area contributed by atoms with Crippen molar-refractivity contribution in [2.75, 3.05) is 6.61 Å². The van der Waals surface area contributed by atoms with Crippen LogP contribution in [0.5, 0.6) is 0 Å². The van der Waals surface area contributed by atoms with Gasteiger partial charge in [0.15, 0.2) is 5.79 Å². The van der Waals surface area contributed by atoms with E-state index in [0.717, 1.165) is 12.0 Å². The van der Waals surface area contributed by atoms with E-state index < -0.39 is 5.79 Å². The molecule has 0 saturated carbocycles. The lowest BCUT2D eigenvalue weighted by molar-refractivity contribution is -0.252. The van der Waals surface area contributed by atoms with Crippen LogP contribution in [-0.4, -0.2) is 12.7 Å². The van der Waals surface area contributed by atoms with Gasteiger partial charge in [-0.15, -0.1) is 0 Å². The Morgan fingerprint density at radius 2 is 1.81 bits per heavy atom. The van der Waals surface area contributed by atoms with Gasteiger partial charge in [-0.1, -0.05) is 37.3 Å². The molecule has 90 valence electrons. The molecule has 0 amide bonds. The third-order valence-corrected chi connectivity index (χ3v) is 2.72. The highest BCUT2D eigenvalue weighted by Crippen LogP contribution is 2.28. The Kier molecular flexibility index (Phi) is 4.97. The maximum Gasteiger partial charge on any atom is 0.192 e. The molecule has 0 saturated heterocycles. The molecule has 1 rings (SSSR count). The van der Waals surface area contributed by atoms with Crippen molar-refractivity contribution in [3.8, 4) is 0 Å². The summed E-state index contributed by atoms with van der Waals surface area (Å²) in [5, 5.41) is 0. The zero-order valence-electron chi connectivity index (χ0n) is 10.7. The van der Waals surface area contributed by atoms with Crippen LogP contribution in [0.3, 0.4) is 0 Å². The van der Waals surface area contributed by atoms with Crippen molar-refractivity contribution in [2.45, 2.75) is 46.0 Å². The SMILES string of the molecule is CCOC(C)(OC(C)CC)c1ccccc1. The minimum absolute atomic E-state index is 0.191. The maximum atomic E-state index is 5.99. The average Bonchev–Trinajstić information content (AvgIpc) is 2.30. The summed E-state index contributed by atoms with van der Waals surface area (Å²) < 4.78 is 11.8. The summed E-state index contributed by atoms with van der Waals surface area (Å²) in [5.74, 6) is -0.633. The molecule has 2 unspecified atom stereocenters. The van der Waals surface area contributed by atoms with E-state index in [4.69, 9.17) is 9.47 Å². The van der Waals surface area contributed by atoms with Crippen molar-refractivity contribution in [3.63, 3.8) is 0 Å². The normalized spacial score (nSPS) is 16.8. The molecule has 0 aliphatic rings. The van der Waals surface area contributed by atoms with E-state index in [2.05, 4.69) is 13.8 Å². The highest BCUT2D eigenvalue weighted by Gasteiger charge is 2.29. The molecular weight excluding hydrogens is 200 g/mol. The molecule has 0 spiro atoms. The van der Waals surface area contributed by atoms with Crippen LogP contribution in [0.2, 0.25) is 0 Å². The number of hydrogen-bond acceptors (Lipinski definition) is 2. The van der Waals surface area contributed by atoms with E-state index in [9.17, 15) is 0 Å². The molecule has 0 aliphatic heterocycles. The Hall–Kier alpha value is -0.860. The van der Waals surface area contributed by atoms with Gasteiger partial charge >= 0.3 is 0 Å². The standard InChI is InChI=1S/C14H22O2/c1-5-12(3)16-14(4,15-6-2)13-10-8-7-9-11-13/h7-12H,5-6H2,1-4H3. The van der Waals surface area contributed by atoms with Gasteiger partial charge in [0.05, 0.1) is 6.10 Å². The Morgan fingerprint density at radius 3 is 2.31 bits per heavy atom. The first kappa shape index (κ1) is 13.2. The summed E-state index contributed by atoms with van der Waals surface area (Å²) >= 11 is 0. The highest BCUT2D eigenvalue weighted by molar-refractivity contribution is 5.19. The quantitative estimate of drug-likeness (QED) is 0.683. The van der Waals surface area contributed by atoms with Crippen molar-refractivity contribution in [3.05, 3.63) is 35.9 Å². The molecule has 1 aromatic carbocycles. The Bertz CT molecular complexity index is 297. The zero-order chi connectivity index (χ0) is 12.0. The third-order valence-electron chi connectivity index (χ3n) is 2.72. The molecule has 0 aliphatic carbocycles. The minimum Gasteiger partial charge on any atom is -0.346 e. The van der Waals surface area contributed by atoms with E-state index in [1.807, 2.05) is 44.2 Å².